The lowest BCUT2D eigenvalue weighted by Gasteiger charge is -2.13. The molecular formula is C16H16N2O6. The molecule has 0 aliphatic rings. The second kappa shape index (κ2) is 7.91. The number of hydrogen-bond donors (Lipinski definition) is 0. The Morgan fingerprint density at radius 1 is 1.25 bits per heavy atom. The maximum Gasteiger partial charge on any atom is 0.347 e. The minimum Gasteiger partial charge on any atom is -0.479 e. The van der Waals surface area contributed by atoms with E-state index in [4.69, 9.17) is 14.2 Å². The highest BCUT2D eigenvalue weighted by Crippen LogP contribution is 2.25. The Balaban J connectivity index is 2.00. The Labute approximate surface area is 138 Å². The summed E-state index contributed by atoms with van der Waals surface area (Å²) < 4.78 is 15.8. The van der Waals surface area contributed by atoms with Gasteiger partial charge in [-0.15, -0.1) is 0 Å². The molecule has 0 fully saturated rings. The summed E-state index contributed by atoms with van der Waals surface area (Å²) in [6, 6.07) is 8.94. The summed E-state index contributed by atoms with van der Waals surface area (Å²) >= 11 is 0. The van der Waals surface area contributed by atoms with Crippen LogP contribution in [-0.2, 0) is 9.53 Å². The zero-order valence-electron chi connectivity index (χ0n) is 13.2. The lowest BCUT2D eigenvalue weighted by Crippen LogP contribution is -2.25. The van der Waals surface area contributed by atoms with E-state index < -0.39 is 17.0 Å². The third kappa shape index (κ3) is 4.67. The van der Waals surface area contributed by atoms with Crippen LogP contribution in [0.3, 0.4) is 0 Å². The van der Waals surface area contributed by atoms with E-state index in [1.165, 1.54) is 18.3 Å². The topological polar surface area (TPSA) is 101 Å². The van der Waals surface area contributed by atoms with Gasteiger partial charge in [0.05, 0.1) is 17.6 Å². The van der Waals surface area contributed by atoms with Gasteiger partial charge in [-0.1, -0.05) is 0 Å². The largest absolute Gasteiger partial charge is 0.479 e. The number of carbonyl (C=O) groups is 1. The first-order valence-corrected chi connectivity index (χ1v) is 7.21. The van der Waals surface area contributed by atoms with Crippen molar-refractivity contribution in [3.05, 3.63) is 52.7 Å². The van der Waals surface area contributed by atoms with E-state index in [2.05, 4.69) is 4.98 Å². The lowest BCUT2D eigenvalue weighted by molar-refractivity contribution is -0.385. The number of carbonyl (C=O) groups excluding carboxylic acids is 1. The van der Waals surface area contributed by atoms with E-state index in [-0.39, 0.29) is 18.2 Å². The summed E-state index contributed by atoms with van der Waals surface area (Å²) in [5.74, 6) is 0.561. The molecule has 2 aromatic rings. The van der Waals surface area contributed by atoms with Crippen molar-refractivity contribution in [2.45, 2.75) is 20.0 Å². The van der Waals surface area contributed by atoms with Gasteiger partial charge in [0.25, 0.3) is 5.69 Å². The summed E-state index contributed by atoms with van der Waals surface area (Å²) in [4.78, 5) is 25.6. The summed E-state index contributed by atoms with van der Waals surface area (Å²) in [5.41, 5.74) is -0.108. The van der Waals surface area contributed by atoms with Gasteiger partial charge in [-0.25, -0.2) is 9.78 Å². The number of rotatable bonds is 7. The molecule has 1 atom stereocenters. The molecule has 8 nitrogen and oxygen atoms in total. The Hall–Kier alpha value is -3.16. The van der Waals surface area contributed by atoms with Crippen LogP contribution in [0, 0.1) is 10.1 Å². The van der Waals surface area contributed by atoms with Gasteiger partial charge >= 0.3 is 5.97 Å². The molecule has 0 saturated carbocycles. The average Bonchev–Trinajstić information content (AvgIpc) is 2.57. The molecule has 2 rings (SSSR count). The van der Waals surface area contributed by atoms with Crippen LogP contribution in [0.15, 0.2) is 42.6 Å². The van der Waals surface area contributed by atoms with Crippen molar-refractivity contribution in [2.75, 3.05) is 6.61 Å². The number of ether oxygens (including phenoxy) is 3. The van der Waals surface area contributed by atoms with Gasteiger partial charge in [0.2, 0.25) is 5.88 Å². The number of benzene rings is 1. The van der Waals surface area contributed by atoms with Crippen LogP contribution in [0.2, 0.25) is 0 Å². The second-order valence-electron chi connectivity index (χ2n) is 4.69. The number of aromatic nitrogens is 1. The third-order valence-electron chi connectivity index (χ3n) is 2.91. The average molecular weight is 332 g/mol. The van der Waals surface area contributed by atoms with E-state index >= 15 is 0 Å². The van der Waals surface area contributed by atoms with Gasteiger partial charge in [0.1, 0.15) is 11.5 Å². The van der Waals surface area contributed by atoms with Crippen molar-refractivity contribution in [3.8, 4) is 17.4 Å². The molecule has 1 aromatic carbocycles. The fourth-order valence-corrected chi connectivity index (χ4v) is 1.79. The van der Waals surface area contributed by atoms with E-state index in [0.717, 1.165) is 0 Å². The number of esters is 1. The Kier molecular flexibility index (Phi) is 5.67. The molecule has 1 heterocycles. The summed E-state index contributed by atoms with van der Waals surface area (Å²) in [5, 5.41) is 10.7. The number of nitro groups is 1. The Bertz CT molecular complexity index is 717. The van der Waals surface area contributed by atoms with Gasteiger partial charge < -0.3 is 14.2 Å². The van der Waals surface area contributed by atoms with Gasteiger partial charge in [0.15, 0.2) is 6.10 Å². The van der Waals surface area contributed by atoms with E-state index in [1.807, 2.05) is 0 Å². The van der Waals surface area contributed by atoms with Crippen LogP contribution in [0.25, 0.3) is 0 Å². The predicted octanol–water partition coefficient (Wildman–Crippen LogP) is 3.11. The molecule has 1 unspecified atom stereocenters. The van der Waals surface area contributed by atoms with Crippen LogP contribution in [0.4, 0.5) is 5.69 Å². The molecule has 0 amide bonds. The van der Waals surface area contributed by atoms with Crippen LogP contribution < -0.4 is 9.47 Å². The van der Waals surface area contributed by atoms with Gasteiger partial charge in [-0.3, -0.25) is 10.1 Å². The standard InChI is InChI=1S/C16H16N2O6/c1-3-22-16(19)11(2)23-13-4-6-14(7-5-13)24-15-10-12(18(20)21)8-9-17-15/h4-11H,3H2,1-2H3. The van der Waals surface area contributed by atoms with Crippen LogP contribution in [-0.4, -0.2) is 28.6 Å². The van der Waals surface area contributed by atoms with Crippen molar-refractivity contribution in [1.82, 2.24) is 4.98 Å². The van der Waals surface area contributed by atoms with Crippen LogP contribution >= 0.6 is 0 Å². The fourth-order valence-electron chi connectivity index (χ4n) is 1.79. The maximum absolute atomic E-state index is 11.5. The minimum absolute atomic E-state index is 0.108. The zero-order chi connectivity index (χ0) is 17.5. The molecule has 126 valence electrons. The van der Waals surface area contributed by atoms with Crippen molar-refractivity contribution in [2.24, 2.45) is 0 Å². The minimum atomic E-state index is -0.727. The summed E-state index contributed by atoms with van der Waals surface area (Å²) in [6.45, 7) is 3.60. The molecule has 24 heavy (non-hydrogen) atoms. The van der Waals surface area contributed by atoms with Gasteiger partial charge in [-0.2, -0.15) is 0 Å². The normalized spacial score (nSPS) is 11.4. The molecule has 1 aromatic heterocycles. The van der Waals surface area contributed by atoms with Crippen LogP contribution in [0.1, 0.15) is 13.8 Å². The second-order valence-corrected chi connectivity index (χ2v) is 4.69. The Morgan fingerprint density at radius 2 is 1.92 bits per heavy atom. The molecule has 0 N–H and O–H groups in total. The first-order valence-electron chi connectivity index (χ1n) is 7.21. The monoisotopic (exact) mass is 332 g/mol. The van der Waals surface area contributed by atoms with Gasteiger partial charge in [0, 0.05) is 12.3 Å². The van der Waals surface area contributed by atoms with Crippen molar-refractivity contribution in [3.63, 3.8) is 0 Å². The summed E-state index contributed by atoms with van der Waals surface area (Å²) in [7, 11) is 0. The molecule has 0 spiro atoms. The van der Waals surface area contributed by atoms with Gasteiger partial charge in [-0.05, 0) is 38.1 Å². The lowest BCUT2D eigenvalue weighted by atomic mass is 10.3. The van der Waals surface area contributed by atoms with E-state index in [1.54, 1.807) is 38.1 Å². The molecule has 0 radical (unpaired) electrons. The highest BCUT2D eigenvalue weighted by Gasteiger charge is 2.15. The number of nitrogens with zero attached hydrogens (tertiary/aromatic N) is 2. The molecule has 0 aliphatic carbocycles. The quantitative estimate of drug-likeness (QED) is 0.436. The molecule has 8 heteroatoms. The van der Waals surface area contributed by atoms with Crippen molar-refractivity contribution in [1.29, 1.82) is 0 Å². The van der Waals surface area contributed by atoms with E-state index in [9.17, 15) is 14.9 Å². The van der Waals surface area contributed by atoms with Crippen molar-refractivity contribution >= 4 is 11.7 Å². The highest BCUT2D eigenvalue weighted by molar-refractivity contribution is 5.74. The molecule has 0 bridgehead atoms. The Morgan fingerprint density at radius 3 is 2.54 bits per heavy atom. The first-order chi connectivity index (χ1) is 11.5. The van der Waals surface area contributed by atoms with Crippen molar-refractivity contribution < 1.29 is 23.9 Å². The smallest absolute Gasteiger partial charge is 0.347 e. The zero-order valence-corrected chi connectivity index (χ0v) is 13.2. The number of hydrogen-bond acceptors (Lipinski definition) is 7. The maximum atomic E-state index is 11.5. The first kappa shape index (κ1) is 17.2. The molecule has 0 saturated heterocycles. The van der Waals surface area contributed by atoms with Crippen LogP contribution in [0.5, 0.6) is 17.4 Å². The predicted molar refractivity (Wildman–Crippen MR) is 84.1 cm³/mol. The SMILES string of the molecule is CCOC(=O)C(C)Oc1ccc(Oc2cc([N+](=O)[O-])ccn2)cc1. The third-order valence-corrected chi connectivity index (χ3v) is 2.91. The summed E-state index contributed by atoms with van der Waals surface area (Å²) in [6.07, 6.45) is 0.571. The molecule has 0 aliphatic heterocycles. The fraction of sp³-hybridized carbons (Fsp3) is 0.250. The number of pyridine rings is 1. The molecular weight excluding hydrogens is 316 g/mol. The van der Waals surface area contributed by atoms with E-state index in [0.29, 0.717) is 11.5 Å². The highest BCUT2D eigenvalue weighted by atomic mass is 16.6.